The van der Waals surface area contributed by atoms with E-state index in [1.54, 1.807) is 0 Å². The van der Waals surface area contributed by atoms with Crippen LogP contribution in [-0.4, -0.2) is 110 Å². The lowest BCUT2D eigenvalue weighted by Crippen LogP contribution is -2.66. The number of hydrogen-bond donors (Lipinski definition) is 5. The fourth-order valence-electron chi connectivity index (χ4n) is 8.17. The maximum Gasteiger partial charge on any atom is 0.245 e. The molecule has 12 nitrogen and oxygen atoms in total. The van der Waals surface area contributed by atoms with Crippen LogP contribution in [0.2, 0.25) is 0 Å². The van der Waals surface area contributed by atoms with Gasteiger partial charge < -0.3 is 42.0 Å². The van der Waals surface area contributed by atoms with Crippen LogP contribution < -0.4 is 27.4 Å². The van der Waals surface area contributed by atoms with Gasteiger partial charge in [0.1, 0.15) is 18.1 Å². The molecule has 0 bridgehead atoms. The third kappa shape index (κ3) is 11.8. The fraction of sp³-hybridized carbons (Fsp3) is 0.619. The molecule has 1 spiro atoms. The first-order valence-electron chi connectivity index (χ1n) is 20.1. The summed E-state index contributed by atoms with van der Waals surface area (Å²) in [5.41, 5.74) is 14.0. The molecule has 12 heteroatoms. The molecule has 4 atom stereocenters. The van der Waals surface area contributed by atoms with E-state index in [0.717, 1.165) is 69.5 Å². The van der Waals surface area contributed by atoms with Gasteiger partial charge in [0.25, 0.3) is 0 Å². The lowest BCUT2D eigenvalue weighted by atomic mass is 9.71. The van der Waals surface area contributed by atoms with Crippen molar-refractivity contribution in [2.75, 3.05) is 45.9 Å². The summed E-state index contributed by atoms with van der Waals surface area (Å²) in [5.74, 6) is -1.35. The van der Waals surface area contributed by atoms with Crippen LogP contribution in [0.1, 0.15) is 76.3 Å². The third-order valence-corrected chi connectivity index (χ3v) is 11.4. The highest BCUT2D eigenvalue weighted by Gasteiger charge is 2.48. The molecule has 0 aliphatic carbocycles. The number of nitrogens with two attached hydrogens (primary N) is 2. The van der Waals surface area contributed by atoms with Crippen LogP contribution in [0.5, 0.6) is 0 Å². The fourth-order valence-corrected chi connectivity index (χ4v) is 8.17. The van der Waals surface area contributed by atoms with Gasteiger partial charge in [0.2, 0.25) is 23.6 Å². The van der Waals surface area contributed by atoms with Gasteiger partial charge in [0.15, 0.2) is 0 Å². The first-order chi connectivity index (χ1) is 26.1. The van der Waals surface area contributed by atoms with E-state index >= 15 is 0 Å². The predicted molar refractivity (Wildman–Crippen MR) is 210 cm³/mol. The molecular weight excluding hydrogens is 683 g/mol. The van der Waals surface area contributed by atoms with Gasteiger partial charge in [0, 0.05) is 44.2 Å². The van der Waals surface area contributed by atoms with Crippen molar-refractivity contribution < 1.29 is 23.9 Å². The Balaban J connectivity index is 1.22. The largest absolute Gasteiger partial charge is 0.381 e. The number of piperidine rings is 1. The zero-order chi connectivity index (χ0) is 38.5. The number of ether oxygens (including phenoxy) is 1. The van der Waals surface area contributed by atoms with Gasteiger partial charge in [-0.1, -0.05) is 74.5 Å². The monoisotopic (exact) mass is 745 g/mol. The average molecular weight is 746 g/mol. The van der Waals surface area contributed by atoms with Gasteiger partial charge in [0.05, 0.1) is 6.04 Å². The minimum absolute atomic E-state index is 0.0659. The molecule has 3 saturated heterocycles. The molecule has 3 aliphatic rings. The minimum atomic E-state index is -0.971. The van der Waals surface area contributed by atoms with E-state index < -0.39 is 41.9 Å². The summed E-state index contributed by atoms with van der Waals surface area (Å²) in [6.45, 7) is 9.64. The summed E-state index contributed by atoms with van der Waals surface area (Å²) in [7, 11) is 0. The number of carbonyl (C=O) groups is 4. The second-order valence-electron chi connectivity index (χ2n) is 16.2. The molecule has 296 valence electrons. The van der Waals surface area contributed by atoms with Crippen LogP contribution in [0.3, 0.4) is 0 Å². The number of benzene rings is 2. The molecule has 0 radical (unpaired) electrons. The van der Waals surface area contributed by atoms with Gasteiger partial charge >= 0.3 is 0 Å². The SMILES string of the molecule is CC(C)CC(NC(=O)C(Cc1ccccc1)NC(=O)C(N)Cc1ccccc1)C(=O)NC(CCCCN)C(=O)N1CC2(CCN(C3CCOCC3)CC2)C1. The number of nitrogens with one attached hydrogen (secondary N) is 3. The zero-order valence-electron chi connectivity index (χ0n) is 32.3. The predicted octanol–water partition coefficient (Wildman–Crippen LogP) is 2.53. The van der Waals surface area contributed by atoms with Crippen LogP contribution in [0.15, 0.2) is 60.7 Å². The smallest absolute Gasteiger partial charge is 0.245 e. The summed E-state index contributed by atoms with van der Waals surface area (Å²) in [6.07, 6.45) is 7.11. The van der Waals surface area contributed by atoms with E-state index in [9.17, 15) is 19.2 Å². The lowest BCUT2D eigenvalue weighted by Gasteiger charge is -2.55. The Labute approximate surface area is 321 Å². The molecule has 4 unspecified atom stereocenters. The Morgan fingerprint density at radius 1 is 0.778 bits per heavy atom. The van der Waals surface area contributed by atoms with Gasteiger partial charge in [-0.15, -0.1) is 0 Å². The Hall–Kier alpha value is -3.84. The van der Waals surface area contributed by atoms with Gasteiger partial charge in [-0.25, -0.2) is 0 Å². The van der Waals surface area contributed by atoms with E-state index in [2.05, 4.69) is 20.9 Å². The second-order valence-corrected chi connectivity index (χ2v) is 16.2. The Morgan fingerprint density at radius 3 is 1.93 bits per heavy atom. The van der Waals surface area contributed by atoms with Gasteiger partial charge in [-0.05, 0) is 94.5 Å². The quantitative estimate of drug-likeness (QED) is 0.145. The van der Waals surface area contributed by atoms with Crippen molar-refractivity contribution in [3.05, 3.63) is 71.8 Å². The van der Waals surface area contributed by atoms with Crippen LogP contribution >= 0.6 is 0 Å². The van der Waals surface area contributed by atoms with Gasteiger partial charge in [-0.2, -0.15) is 0 Å². The summed E-state index contributed by atoms with van der Waals surface area (Å²) in [6, 6.07) is 16.0. The number of likely N-dealkylation sites (tertiary alicyclic amines) is 2. The summed E-state index contributed by atoms with van der Waals surface area (Å²) >= 11 is 0. The van der Waals surface area contributed by atoms with Crippen molar-refractivity contribution in [1.29, 1.82) is 0 Å². The van der Waals surface area contributed by atoms with Crippen LogP contribution in [0, 0.1) is 11.3 Å². The molecule has 5 rings (SSSR count). The minimum Gasteiger partial charge on any atom is -0.381 e. The molecule has 2 aromatic rings. The Bertz CT molecular complexity index is 1490. The van der Waals surface area contributed by atoms with Crippen molar-refractivity contribution in [3.8, 4) is 0 Å². The molecule has 4 amide bonds. The normalized spacial score (nSPS) is 19.7. The number of amides is 4. The Morgan fingerprint density at radius 2 is 1.33 bits per heavy atom. The summed E-state index contributed by atoms with van der Waals surface area (Å²) < 4.78 is 5.56. The maximum absolute atomic E-state index is 14.0. The highest BCUT2D eigenvalue weighted by molar-refractivity contribution is 5.95. The summed E-state index contributed by atoms with van der Waals surface area (Å²) in [5, 5.41) is 8.85. The molecule has 3 fully saturated rings. The molecule has 2 aromatic carbocycles. The van der Waals surface area contributed by atoms with E-state index in [1.165, 1.54) is 0 Å². The highest BCUT2D eigenvalue weighted by atomic mass is 16.5. The molecule has 3 heterocycles. The van der Waals surface area contributed by atoms with E-state index in [-0.39, 0.29) is 23.7 Å². The topological polar surface area (TPSA) is 172 Å². The number of carbonyl (C=O) groups excluding carboxylic acids is 4. The Kier molecular flexibility index (Phi) is 15.4. The molecule has 54 heavy (non-hydrogen) atoms. The molecule has 7 N–H and O–H groups in total. The number of rotatable bonds is 18. The molecule has 0 aromatic heterocycles. The molecule has 0 saturated carbocycles. The van der Waals surface area contributed by atoms with Crippen molar-refractivity contribution in [2.45, 2.75) is 108 Å². The average Bonchev–Trinajstić information content (AvgIpc) is 3.16. The highest BCUT2D eigenvalue weighted by Crippen LogP contribution is 2.41. The number of hydrogen-bond acceptors (Lipinski definition) is 8. The van der Waals surface area contributed by atoms with Gasteiger partial charge in [-0.3, -0.25) is 19.2 Å². The van der Waals surface area contributed by atoms with Crippen LogP contribution in [0.4, 0.5) is 0 Å². The third-order valence-electron chi connectivity index (χ3n) is 11.4. The van der Waals surface area contributed by atoms with E-state index in [0.29, 0.717) is 51.4 Å². The molecular formula is C42H63N7O5. The van der Waals surface area contributed by atoms with Crippen molar-refractivity contribution >= 4 is 23.6 Å². The van der Waals surface area contributed by atoms with Crippen molar-refractivity contribution in [1.82, 2.24) is 25.8 Å². The standard InChI is InChI=1S/C42H63N7O5/c1-30(2)25-36(47-40(52)37(27-32-13-7-4-8-14-32)46-38(50)34(44)26-31-11-5-3-6-12-31)39(51)45-35(15-9-10-20-43)41(53)49-28-42(29-49)18-21-48(22-19-42)33-16-23-54-24-17-33/h3-8,11-14,30,33-37H,9-10,15-29,43-44H2,1-2H3,(H,45,51)(H,46,50)(H,47,52). The first kappa shape index (κ1) is 41.3. The number of unbranched alkanes of at least 4 members (excludes halogenated alkanes) is 1. The molecule has 3 aliphatic heterocycles. The van der Waals surface area contributed by atoms with Crippen molar-refractivity contribution in [3.63, 3.8) is 0 Å². The second kappa shape index (κ2) is 20.2. The summed E-state index contributed by atoms with van der Waals surface area (Å²) in [4.78, 5) is 59.9. The maximum atomic E-state index is 14.0. The van der Waals surface area contributed by atoms with E-state index in [1.807, 2.05) is 79.4 Å². The van der Waals surface area contributed by atoms with Crippen LogP contribution in [-0.2, 0) is 36.8 Å². The van der Waals surface area contributed by atoms with Crippen LogP contribution in [0.25, 0.3) is 0 Å². The lowest BCUT2D eigenvalue weighted by molar-refractivity contribution is -0.151. The van der Waals surface area contributed by atoms with Crippen molar-refractivity contribution in [2.24, 2.45) is 22.8 Å². The van der Waals surface area contributed by atoms with E-state index in [4.69, 9.17) is 16.2 Å². The number of nitrogens with zero attached hydrogens (tertiary/aromatic N) is 2. The zero-order valence-corrected chi connectivity index (χ0v) is 32.3. The first-order valence-corrected chi connectivity index (χ1v) is 20.1.